The van der Waals surface area contributed by atoms with Gasteiger partial charge in [-0.25, -0.2) is 20.4 Å². The first kappa shape index (κ1) is 20.8. The van der Waals surface area contributed by atoms with E-state index in [2.05, 4.69) is 33.9 Å². The van der Waals surface area contributed by atoms with E-state index >= 15 is 0 Å². The Labute approximate surface area is 136 Å². The van der Waals surface area contributed by atoms with Crippen molar-refractivity contribution < 1.29 is 0 Å². The zero-order chi connectivity index (χ0) is 16.1. The second-order valence-electron chi connectivity index (χ2n) is 5.75. The summed E-state index contributed by atoms with van der Waals surface area (Å²) in [4.78, 5) is 12.2. The van der Waals surface area contributed by atoms with Crippen molar-refractivity contribution in [2.75, 3.05) is 19.6 Å². The molecule has 0 atom stereocenters. The summed E-state index contributed by atoms with van der Waals surface area (Å²) in [5.74, 6) is 0. The fraction of sp³-hybridized carbons (Fsp3) is 0.889. The van der Waals surface area contributed by atoms with Gasteiger partial charge in [-0.2, -0.15) is 0 Å². The second kappa shape index (κ2) is 19.8. The van der Waals surface area contributed by atoms with Gasteiger partial charge >= 0.3 is 0 Å². The van der Waals surface area contributed by atoms with E-state index in [0.717, 1.165) is 45.3 Å². The highest BCUT2D eigenvalue weighted by molar-refractivity contribution is 5.40. The zero-order valence-electron chi connectivity index (χ0n) is 14.4. The first-order valence-electron chi connectivity index (χ1n) is 9.08. The van der Waals surface area contributed by atoms with Crippen LogP contribution in [0.1, 0.15) is 84.0 Å². The predicted molar refractivity (Wildman–Crippen MR) is 95.7 cm³/mol. The van der Waals surface area contributed by atoms with E-state index in [1.807, 2.05) is 0 Å². The van der Waals surface area contributed by atoms with Gasteiger partial charge in [-0.15, -0.1) is 0 Å². The van der Waals surface area contributed by atoms with Crippen LogP contribution in [0.4, 0.5) is 0 Å². The standard InChI is InChI=1S/C18H34N4/c1-2-3-4-5-6-7-8-12-15-21-18-22-16-13-10-9-11-14-20-17-19/h19H,2-16H2,1H3. The Bertz CT molecular complexity index is 326. The van der Waals surface area contributed by atoms with Gasteiger partial charge < -0.3 is 0 Å². The lowest BCUT2D eigenvalue weighted by Crippen LogP contribution is -1.85. The second-order valence-corrected chi connectivity index (χ2v) is 5.75. The van der Waals surface area contributed by atoms with E-state index in [4.69, 9.17) is 5.41 Å². The molecule has 0 unspecified atom stereocenters. The van der Waals surface area contributed by atoms with Crippen molar-refractivity contribution in [2.45, 2.75) is 84.0 Å². The minimum Gasteiger partial charge on any atom is -0.242 e. The molecule has 126 valence electrons. The topological polar surface area (TPSA) is 60.9 Å². The van der Waals surface area contributed by atoms with Crippen LogP contribution in [0.2, 0.25) is 0 Å². The molecule has 0 aromatic rings. The van der Waals surface area contributed by atoms with E-state index in [9.17, 15) is 0 Å². The molecule has 4 nitrogen and oxygen atoms in total. The normalized spacial score (nSPS) is 9.86. The molecule has 0 aromatic carbocycles. The van der Waals surface area contributed by atoms with Crippen LogP contribution in [-0.4, -0.2) is 31.7 Å². The summed E-state index contributed by atoms with van der Waals surface area (Å²) in [6.45, 7) is 4.69. The number of nitrogens with zero attached hydrogens (tertiary/aromatic N) is 3. The molecule has 0 heterocycles. The van der Waals surface area contributed by atoms with Gasteiger partial charge in [-0.05, 0) is 19.3 Å². The molecule has 0 saturated heterocycles. The van der Waals surface area contributed by atoms with Gasteiger partial charge in [0.2, 0.25) is 0 Å². The number of rotatable bonds is 16. The number of hydrogen-bond acceptors (Lipinski definition) is 4. The summed E-state index contributed by atoms with van der Waals surface area (Å²) in [7, 11) is 0. The van der Waals surface area contributed by atoms with Crippen LogP contribution in [0, 0.1) is 5.41 Å². The third-order valence-corrected chi connectivity index (χ3v) is 3.63. The number of nitrogens with one attached hydrogen (secondary N) is 1. The third-order valence-electron chi connectivity index (χ3n) is 3.63. The molecule has 4 heteroatoms. The van der Waals surface area contributed by atoms with Gasteiger partial charge in [0, 0.05) is 19.6 Å². The van der Waals surface area contributed by atoms with Crippen molar-refractivity contribution in [1.29, 1.82) is 5.41 Å². The average molecular weight is 306 g/mol. The molecule has 0 rings (SSSR count). The smallest absolute Gasteiger partial charge is 0.0892 e. The Hall–Kier alpha value is -1.24. The quantitative estimate of drug-likeness (QED) is 0.284. The molecule has 0 spiro atoms. The number of aliphatic imine (C=N–C) groups is 3. The van der Waals surface area contributed by atoms with Crippen LogP contribution < -0.4 is 0 Å². The predicted octanol–water partition coefficient (Wildman–Crippen LogP) is 5.61. The minimum absolute atomic E-state index is 0.729. The lowest BCUT2D eigenvalue weighted by molar-refractivity contribution is 0.578. The Kier molecular flexibility index (Phi) is 18.6. The van der Waals surface area contributed by atoms with Crippen molar-refractivity contribution in [3.63, 3.8) is 0 Å². The average Bonchev–Trinajstić information content (AvgIpc) is 2.54. The van der Waals surface area contributed by atoms with Crippen LogP contribution in [0.25, 0.3) is 0 Å². The Balaban J connectivity index is 3.19. The lowest BCUT2D eigenvalue weighted by atomic mass is 10.1. The van der Waals surface area contributed by atoms with Crippen molar-refractivity contribution in [3.8, 4) is 0 Å². The first-order valence-corrected chi connectivity index (χ1v) is 9.08. The van der Waals surface area contributed by atoms with E-state index in [0.29, 0.717) is 0 Å². The molecule has 0 saturated carbocycles. The third kappa shape index (κ3) is 18.8. The highest BCUT2D eigenvalue weighted by Crippen LogP contribution is 2.08. The van der Waals surface area contributed by atoms with Gasteiger partial charge in [0.1, 0.15) is 0 Å². The summed E-state index contributed by atoms with van der Waals surface area (Å²) < 4.78 is 0. The van der Waals surface area contributed by atoms with E-state index in [1.165, 1.54) is 51.4 Å². The van der Waals surface area contributed by atoms with E-state index in [-0.39, 0.29) is 0 Å². The first-order chi connectivity index (χ1) is 10.9. The maximum Gasteiger partial charge on any atom is 0.0892 e. The number of unbranched alkanes of at least 4 members (excludes halogenated alkanes) is 10. The van der Waals surface area contributed by atoms with Gasteiger partial charge in [-0.1, -0.05) is 64.7 Å². The molecule has 0 aliphatic heterocycles. The summed E-state index contributed by atoms with van der Waals surface area (Å²) in [5, 5.41) is 6.65. The summed E-state index contributed by atoms with van der Waals surface area (Å²) in [5.41, 5.74) is 0. The fourth-order valence-corrected chi connectivity index (χ4v) is 2.27. The maximum absolute atomic E-state index is 6.65. The molecule has 0 aliphatic carbocycles. The molecular formula is C18H34N4. The molecule has 0 radical (unpaired) electrons. The van der Waals surface area contributed by atoms with Gasteiger partial charge in [-0.3, -0.25) is 0 Å². The summed E-state index contributed by atoms with van der Waals surface area (Å²) >= 11 is 0. The zero-order valence-corrected chi connectivity index (χ0v) is 14.4. The molecule has 0 fully saturated rings. The van der Waals surface area contributed by atoms with Gasteiger partial charge in [0.25, 0.3) is 0 Å². The van der Waals surface area contributed by atoms with Crippen molar-refractivity contribution in [1.82, 2.24) is 0 Å². The molecule has 0 aliphatic rings. The van der Waals surface area contributed by atoms with Crippen LogP contribution >= 0.6 is 0 Å². The van der Waals surface area contributed by atoms with Crippen LogP contribution in [0.5, 0.6) is 0 Å². The van der Waals surface area contributed by atoms with Crippen molar-refractivity contribution in [3.05, 3.63) is 0 Å². The van der Waals surface area contributed by atoms with Gasteiger partial charge in [0.05, 0.1) is 12.0 Å². The largest absolute Gasteiger partial charge is 0.242 e. The van der Waals surface area contributed by atoms with Crippen molar-refractivity contribution >= 4 is 12.0 Å². The number of hydrogen-bond donors (Lipinski definition) is 1. The maximum atomic E-state index is 6.65. The SMILES string of the molecule is CCCCCCCCCCN=C=NCCCCCCN=C=N. The molecule has 0 amide bonds. The highest BCUT2D eigenvalue weighted by atomic mass is 14.8. The lowest BCUT2D eigenvalue weighted by Gasteiger charge is -1.99. The highest BCUT2D eigenvalue weighted by Gasteiger charge is 1.90. The fourth-order valence-electron chi connectivity index (χ4n) is 2.27. The molecule has 0 bridgehead atoms. The minimum atomic E-state index is 0.729. The summed E-state index contributed by atoms with van der Waals surface area (Å²) in [6.07, 6.45) is 15.1. The molecule has 22 heavy (non-hydrogen) atoms. The van der Waals surface area contributed by atoms with Gasteiger partial charge in [0.15, 0.2) is 0 Å². The molecule has 1 N–H and O–H groups in total. The molecular weight excluding hydrogens is 272 g/mol. The van der Waals surface area contributed by atoms with E-state index in [1.54, 1.807) is 0 Å². The Morgan fingerprint density at radius 2 is 1.00 bits per heavy atom. The van der Waals surface area contributed by atoms with Crippen LogP contribution in [0.3, 0.4) is 0 Å². The Morgan fingerprint density at radius 1 is 0.591 bits per heavy atom. The van der Waals surface area contributed by atoms with E-state index < -0.39 is 0 Å². The molecule has 0 aromatic heterocycles. The Morgan fingerprint density at radius 3 is 1.45 bits per heavy atom. The van der Waals surface area contributed by atoms with Crippen LogP contribution in [-0.2, 0) is 0 Å². The van der Waals surface area contributed by atoms with Crippen LogP contribution in [0.15, 0.2) is 15.0 Å². The monoisotopic (exact) mass is 306 g/mol. The van der Waals surface area contributed by atoms with Crippen molar-refractivity contribution in [2.24, 2.45) is 15.0 Å². The summed E-state index contributed by atoms with van der Waals surface area (Å²) in [6, 6.07) is 4.87.